The second-order valence-electron chi connectivity index (χ2n) is 9.06. The number of phenolic OH excluding ortho intramolecular Hbond substituents is 1. The first kappa shape index (κ1) is 27.9. The first-order chi connectivity index (χ1) is 15.2. The van der Waals surface area contributed by atoms with Gasteiger partial charge in [0, 0.05) is 0 Å². The average Bonchev–Trinajstić information content (AvgIpc) is 2.70. The van der Waals surface area contributed by atoms with E-state index in [9.17, 15) is 45.0 Å². The molecule has 0 radical (unpaired) electrons. The molecule has 13 nitrogen and oxygen atoms in total. The molecule has 0 saturated heterocycles. The first-order valence-corrected chi connectivity index (χ1v) is 10.1. The highest BCUT2D eigenvalue weighted by Gasteiger charge is 2.70. The SMILES string of the molecule is CN(C)[C@@H]1C(=O)C(C(N)=O)=C(O)[C@@]2(O)C(=O)C3=C(O)c4c(O)cccc4[C@@](C)(O)[C@H]3[C@H](O)C12.O.O. The van der Waals surface area contributed by atoms with Crippen LogP contribution in [0.25, 0.3) is 5.76 Å². The van der Waals surface area contributed by atoms with E-state index in [-0.39, 0.29) is 22.1 Å². The molecule has 0 aromatic heterocycles. The van der Waals surface area contributed by atoms with Crippen molar-refractivity contribution in [2.24, 2.45) is 17.6 Å². The minimum atomic E-state index is -3.02. The van der Waals surface area contributed by atoms with E-state index >= 15 is 0 Å². The predicted molar refractivity (Wildman–Crippen MR) is 119 cm³/mol. The van der Waals surface area contributed by atoms with Gasteiger partial charge in [-0.25, -0.2) is 0 Å². The minimum absolute atomic E-state index is 0. The van der Waals surface area contributed by atoms with E-state index in [2.05, 4.69) is 0 Å². The number of likely N-dealkylation sites (N-methyl/N-ethyl adjacent to an activating group) is 1. The number of primary amides is 1. The standard InChI is InChI=1S/C22H24N2O9.2H2O/c1-21(32)7-5-4-6-8(25)9(7)15(26)10-12(21)17(28)13-14(24(2)3)16(27)11(20(23)31)19(30)22(13,33)18(10)29;;/h4-6,12-14,17,25-26,28,30,32-33H,1-3H3,(H2,23,31);2*1H2/t12-,13?,14+,17+,21-,22+;;/m1../s1. The van der Waals surface area contributed by atoms with Crippen LogP contribution < -0.4 is 5.73 Å². The molecular weight excluding hydrogens is 468 g/mol. The summed E-state index contributed by atoms with van der Waals surface area (Å²) in [6.07, 6.45) is -1.87. The van der Waals surface area contributed by atoms with Gasteiger partial charge in [-0.15, -0.1) is 0 Å². The second-order valence-corrected chi connectivity index (χ2v) is 9.06. The Hall–Kier alpha value is -3.33. The molecule has 0 aliphatic heterocycles. The Morgan fingerprint density at radius 2 is 1.66 bits per heavy atom. The van der Waals surface area contributed by atoms with E-state index < -0.39 is 81.1 Å². The van der Waals surface area contributed by atoms with Crippen LogP contribution in [0, 0.1) is 11.8 Å². The van der Waals surface area contributed by atoms with E-state index in [0.29, 0.717) is 0 Å². The minimum Gasteiger partial charge on any atom is -0.508 e. The number of Topliss-reactive ketones (excluding diaryl/α,β-unsaturated/α-hetero) is 2. The van der Waals surface area contributed by atoms with Crippen LogP contribution in [-0.4, -0.2) is 95.8 Å². The van der Waals surface area contributed by atoms with Crippen LogP contribution in [0.3, 0.4) is 0 Å². The number of phenols is 1. The summed E-state index contributed by atoms with van der Waals surface area (Å²) in [6.45, 7) is 1.25. The molecule has 35 heavy (non-hydrogen) atoms. The van der Waals surface area contributed by atoms with Crippen molar-refractivity contribution in [1.29, 1.82) is 0 Å². The fourth-order valence-electron chi connectivity index (χ4n) is 5.60. The van der Waals surface area contributed by atoms with Crippen LogP contribution >= 0.6 is 0 Å². The number of hydrogen-bond donors (Lipinski definition) is 7. The number of aromatic hydroxyl groups is 1. The molecule has 192 valence electrons. The molecule has 4 rings (SSSR count). The molecule has 1 fully saturated rings. The maximum absolute atomic E-state index is 13.7. The molecule has 0 spiro atoms. The molecule has 1 amide bonds. The zero-order valence-corrected chi connectivity index (χ0v) is 19.0. The summed E-state index contributed by atoms with van der Waals surface area (Å²) in [5.74, 6) is -9.67. The molecule has 1 saturated carbocycles. The van der Waals surface area contributed by atoms with Crippen molar-refractivity contribution in [2.45, 2.75) is 30.3 Å². The summed E-state index contributed by atoms with van der Waals surface area (Å²) in [5.41, 5.74) is -1.78. The van der Waals surface area contributed by atoms with Crippen molar-refractivity contribution in [3.63, 3.8) is 0 Å². The van der Waals surface area contributed by atoms with Gasteiger partial charge in [-0.1, -0.05) is 12.1 Å². The number of rotatable bonds is 2. The molecule has 3 aliphatic rings. The van der Waals surface area contributed by atoms with Gasteiger partial charge in [-0.05, 0) is 32.6 Å². The number of nitrogens with zero attached hydrogens (tertiary/aromatic N) is 1. The zero-order valence-electron chi connectivity index (χ0n) is 19.0. The Kier molecular flexibility index (Phi) is 6.70. The molecule has 0 bridgehead atoms. The lowest BCUT2D eigenvalue weighted by Gasteiger charge is -2.55. The van der Waals surface area contributed by atoms with Gasteiger partial charge in [0.05, 0.1) is 40.7 Å². The lowest BCUT2D eigenvalue weighted by Crippen LogP contribution is -2.71. The quantitative estimate of drug-likeness (QED) is 0.203. The van der Waals surface area contributed by atoms with Crippen LogP contribution in [0.2, 0.25) is 0 Å². The fraction of sp³-hybridized carbons (Fsp3) is 0.409. The Morgan fingerprint density at radius 3 is 2.17 bits per heavy atom. The van der Waals surface area contributed by atoms with Gasteiger partial charge in [0.15, 0.2) is 11.4 Å². The van der Waals surface area contributed by atoms with Gasteiger partial charge in [0.1, 0.15) is 22.8 Å². The molecule has 12 N–H and O–H groups in total. The average molecular weight is 496 g/mol. The maximum Gasteiger partial charge on any atom is 0.255 e. The van der Waals surface area contributed by atoms with Crippen molar-refractivity contribution in [3.05, 3.63) is 46.2 Å². The monoisotopic (exact) mass is 496 g/mol. The van der Waals surface area contributed by atoms with Crippen LogP contribution in [0.15, 0.2) is 35.1 Å². The normalized spacial score (nSPS) is 33.9. The van der Waals surface area contributed by atoms with E-state index in [1.165, 1.54) is 44.1 Å². The van der Waals surface area contributed by atoms with Gasteiger partial charge in [-0.2, -0.15) is 0 Å². The summed E-state index contributed by atoms with van der Waals surface area (Å²) in [5, 5.41) is 66.3. The van der Waals surface area contributed by atoms with Crippen molar-refractivity contribution in [2.75, 3.05) is 14.1 Å². The number of fused-ring (bicyclic) bond motifs is 3. The summed E-state index contributed by atoms with van der Waals surface area (Å²) >= 11 is 0. The topological polar surface area (TPSA) is 265 Å². The van der Waals surface area contributed by atoms with Gasteiger partial charge in [-0.3, -0.25) is 19.3 Å². The number of hydrogen-bond acceptors (Lipinski definition) is 10. The van der Waals surface area contributed by atoms with Crippen molar-refractivity contribution >= 4 is 23.2 Å². The number of aliphatic hydroxyl groups excluding tert-OH is 3. The molecule has 1 unspecified atom stereocenters. The Bertz CT molecular complexity index is 1190. The van der Waals surface area contributed by atoms with E-state index in [0.717, 1.165) is 0 Å². The van der Waals surface area contributed by atoms with Crippen LogP contribution in [0.1, 0.15) is 18.1 Å². The zero-order chi connectivity index (χ0) is 24.8. The Labute approximate surface area is 198 Å². The van der Waals surface area contributed by atoms with Gasteiger partial charge in [0.2, 0.25) is 5.78 Å². The number of carbonyl (C=O) groups is 3. The number of ketones is 2. The highest BCUT2D eigenvalue weighted by Crippen LogP contribution is 2.57. The van der Waals surface area contributed by atoms with Gasteiger partial charge >= 0.3 is 0 Å². The lowest BCUT2D eigenvalue weighted by molar-refractivity contribution is -0.181. The van der Waals surface area contributed by atoms with E-state index in [1.807, 2.05) is 0 Å². The molecule has 1 aromatic carbocycles. The predicted octanol–water partition coefficient (Wildman–Crippen LogP) is -3.05. The lowest BCUT2D eigenvalue weighted by atomic mass is 9.53. The highest BCUT2D eigenvalue weighted by molar-refractivity contribution is 6.24. The molecule has 0 heterocycles. The molecule has 13 heteroatoms. The van der Waals surface area contributed by atoms with Gasteiger partial charge < -0.3 is 47.3 Å². The molecule has 3 aliphatic carbocycles. The third-order valence-electron chi connectivity index (χ3n) is 7.03. The maximum atomic E-state index is 13.7. The van der Waals surface area contributed by atoms with Crippen molar-refractivity contribution in [3.8, 4) is 5.75 Å². The highest BCUT2D eigenvalue weighted by atomic mass is 16.4. The smallest absolute Gasteiger partial charge is 0.255 e. The van der Waals surface area contributed by atoms with Crippen molar-refractivity contribution < 1.29 is 56.0 Å². The summed E-state index contributed by atoms with van der Waals surface area (Å²) in [6, 6.07) is 2.50. The van der Waals surface area contributed by atoms with Crippen LogP contribution in [-0.2, 0) is 20.0 Å². The fourth-order valence-corrected chi connectivity index (χ4v) is 5.60. The number of amides is 1. The number of carbonyl (C=O) groups excluding carboxylic acids is 3. The number of benzene rings is 1. The molecular formula is C22H28N2O11. The third kappa shape index (κ3) is 3.21. The molecule has 1 aromatic rings. The summed E-state index contributed by atoms with van der Waals surface area (Å²) in [4.78, 5) is 39.9. The van der Waals surface area contributed by atoms with Crippen molar-refractivity contribution in [1.82, 2.24) is 4.90 Å². The van der Waals surface area contributed by atoms with Crippen LogP contribution in [0.4, 0.5) is 0 Å². The van der Waals surface area contributed by atoms with E-state index in [4.69, 9.17) is 5.73 Å². The third-order valence-corrected chi connectivity index (χ3v) is 7.03. The largest absolute Gasteiger partial charge is 0.508 e. The number of aliphatic hydroxyl groups is 5. The molecule has 6 atom stereocenters. The Morgan fingerprint density at radius 1 is 1.09 bits per heavy atom. The van der Waals surface area contributed by atoms with Crippen LogP contribution in [0.5, 0.6) is 5.75 Å². The Balaban J connectivity index is 0.00000216. The summed E-state index contributed by atoms with van der Waals surface area (Å²) < 4.78 is 0. The first-order valence-electron chi connectivity index (χ1n) is 10.1. The number of nitrogens with two attached hydrogens (primary N) is 1. The summed E-state index contributed by atoms with van der Waals surface area (Å²) in [7, 11) is 2.80. The second kappa shape index (κ2) is 8.41. The van der Waals surface area contributed by atoms with Gasteiger partial charge in [0.25, 0.3) is 5.91 Å². The van der Waals surface area contributed by atoms with E-state index in [1.54, 1.807) is 0 Å².